The lowest BCUT2D eigenvalue weighted by molar-refractivity contribution is -0.889. The van der Waals surface area contributed by atoms with Crippen LogP contribution in [0, 0.1) is 6.57 Å². The van der Waals surface area contributed by atoms with Crippen molar-refractivity contribution in [1.82, 2.24) is 0 Å². The van der Waals surface area contributed by atoms with Gasteiger partial charge in [0.15, 0.2) is 11.2 Å². The summed E-state index contributed by atoms with van der Waals surface area (Å²) in [6.07, 6.45) is -3.74. The Morgan fingerprint density at radius 3 is 2.50 bits per heavy atom. The topological polar surface area (TPSA) is 79.0 Å². The maximum Gasteiger partial charge on any atom is 0.407 e. The number of quaternary nitrogens is 1. The number of nitrogens with zero attached hydrogens (tertiary/aromatic N) is 3. The molecule has 2 aliphatic rings. The maximum absolute atomic E-state index is 13.4. The molecule has 2 fully saturated rings. The number of hydrogen-bond donors (Lipinski definition) is 1. The number of anilines is 1. The zero-order valence-corrected chi connectivity index (χ0v) is 17.7. The smallest absolute Gasteiger partial charge is 0.281 e. The fourth-order valence-corrected chi connectivity index (χ4v) is 6.53. The number of amides is 1. The number of halogens is 3. The van der Waals surface area contributed by atoms with Crippen molar-refractivity contribution in [3.63, 3.8) is 0 Å². The van der Waals surface area contributed by atoms with Gasteiger partial charge in [0.2, 0.25) is 5.37 Å². The number of carbonyl (C=O) groups is 1. The molecule has 0 aromatic heterocycles. The second-order valence-corrected chi connectivity index (χ2v) is 9.79. The highest BCUT2D eigenvalue weighted by molar-refractivity contribution is 7.86. The summed E-state index contributed by atoms with van der Waals surface area (Å²) in [5, 5.41) is -1.58. The summed E-state index contributed by atoms with van der Waals surface area (Å²) in [7, 11) is -4.61. The summed E-state index contributed by atoms with van der Waals surface area (Å²) in [6.45, 7) is 10.1. The summed E-state index contributed by atoms with van der Waals surface area (Å²) in [5.74, 6) is -0.674. The van der Waals surface area contributed by atoms with Gasteiger partial charge in [-0.3, -0.25) is 9.35 Å². The van der Waals surface area contributed by atoms with Crippen molar-refractivity contribution in [2.45, 2.75) is 50.2 Å². The van der Waals surface area contributed by atoms with Crippen LogP contribution in [-0.2, 0) is 21.1 Å². The molecule has 0 saturated carbocycles. The van der Waals surface area contributed by atoms with Crippen LogP contribution >= 0.6 is 12.2 Å². The van der Waals surface area contributed by atoms with Gasteiger partial charge in [-0.25, -0.2) is 14.2 Å². The van der Waals surface area contributed by atoms with E-state index < -0.39 is 48.8 Å². The molecule has 2 aliphatic heterocycles. The molecule has 2 heterocycles. The lowest BCUT2D eigenvalue weighted by Gasteiger charge is -2.47. The lowest BCUT2D eigenvalue weighted by atomic mass is 9.95. The number of thiocarbonyl (C=S) groups is 1. The van der Waals surface area contributed by atoms with Gasteiger partial charge in [0.05, 0.1) is 24.4 Å². The molecule has 2 saturated heterocycles. The summed E-state index contributed by atoms with van der Waals surface area (Å²) >= 11 is 5.48. The zero-order chi connectivity index (χ0) is 22.7. The molecule has 0 radical (unpaired) electrons. The van der Waals surface area contributed by atoms with Gasteiger partial charge in [0, 0.05) is 32.5 Å². The molecule has 1 spiro atoms. The number of piperidine rings is 1. The minimum atomic E-state index is -4.83. The minimum Gasteiger partial charge on any atom is -0.281 e. The van der Waals surface area contributed by atoms with Crippen LogP contribution in [-0.4, -0.2) is 45.9 Å². The fourth-order valence-electron chi connectivity index (χ4n) is 4.44. The molecule has 0 bridgehead atoms. The Balaban J connectivity index is 2.22. The first kappa shape index (κ1) is 22.6. The fraction of sp³-hybridized carbons (Fsp3) is 0.500. The Morgan fingerprint density at radius 1 is 1.33 bits per heavy atom. The van der Waals surface area contributed by atoms with E-state index in [4.69, 9.17) is 18.8 Å². The van der Waals surface area contributed by atoms with Crippen molar-refractivity contribution in [3.8, 4) is 0 Å². The van der Waals surface area contributed by atoms with Crippen molar-refractivity contribution >= 4 is 44.7 Å². The number of alkyl halides is 3. The van der Waals surface area contributed by atoms with E-state index >= 15 is 0 Å². The second-order valence-electron chi connectivity index (χ2n) is 7.85. The monoisotopic (exact) mass is 462 g/mol. The van der Waals surface area contributed by atoms with Gasteiger partial charge in [-0.1, -0.05) is 6.07 Å². The van der Waals surface area contributed by atoms with E-state index in [1.54, 1.807) is 0 Å². The van der Waals surface area contributed by atoms with E-state index in [1.807, 2.05) is 0 Å². The van der Waals surface area contributed by atoms with Gasteiger partial charge in [0.1, 0.15) is 0 Å². The van der Waals surface area contributed by atoms with Crippen LogP contribution in [0.1, 0.15) is 38.7 Å². The molecule has 7 nitrogen and oxygen atoms in total. The number of benzene rings is 1. The molecular formula is C18H19F3N3O4S2+. The summed E-state index contributed by atoms with van der Waals surface area (Å²) < 4.78 is 73.9. The highest BCUT2D eigenvalue weighted by Gasteiger charge is 2.69. The molecule has 2 atom stereocenters. The van der Waals surface area contributed by atoms with E-state index in [-0.39, 0.29) is 23.8 Å². The quantitative estimate of drug-likeness (QED) is 0.312. The molecule has 162 valence electrons. The molecule has 1 amide bonds. The van der Waals surface area contributed by atoms with Crippen molar-refractivity contribution in [2.75, 3.05) is 11.4 Å². The Hall–Kier alpha value is -2.07. The highest BCUT2D eigenvalue weighted by atomic mass is 32.2. The van der Waals surface area contributed by atoms with Crippen LogP contribution in [0.25, 0.3) is 4.85 Å². The number of carbonyl (C=O) groups excluding carboxylic acids is 1. The normalized spacial score (nSPS) is 26.8. The molecule has 3 rings (SSSR count). The summed E-state index contributed by atoms with van der Waals surface area (Å²) in [6, 6.07) is 2.80. The third kappa shape index (κ3) is 3.11. The third-order valence-electron chi connectivity index (χ3n) is 5.97. The van der Waals surface area contributed by atoms with Crippen molar-refractivity contribution in [2.24, 2.45) is 0 Å². The van der Waals surface area contributed by atoms with Crippen LogP contribution in [0.2, 0.25) is 0 Å². The molecule has 1 aromatic carbocycles. The van der Waals surface area contributed by atoms with Gasteiger partial charge in [-0.2, -0.15) is 21.6 Å². The lowest BCUT2D eigenvalue weighted by Crippen LogP contribution is -2.70. The first-order chi connectivity index (χ1) is 13.7. The first-order valence-electron chi connectivity index (χ1n) is 9.01. The van der Waals surface area contributed by atoms with Crippen molar-refractivity contribution in [3.05, 3.63) is 35.2 Å². The van der Waals surface area contributed by atoms with Gasteiger partial charge >= 0.3 is 16.3 Å². The van der Waals surface area contributed by atoms with E-state index in [2.05, 4.69) is 4.85 Å². The summed E-state index contributed by atoms with van der Waals surface area (Å²) in [4.78, 5) is 17.1. The van der Waals surface area contributed by atoms with Gasteiger partial charge in [-0.15, -0.1) is 0 Å². The van der Waals surface area contributed by atoms with Crippen LogP contribution in [0.4, 0.5) is 24.5 Å². The van der Waals surface area contributed by atoms with Gasteiger partial charge in [0.25, 0.3) is 11.0 Å². The van der Waals surface area contributed by atoms with Crippen molar-refractivity contribution < 1.29 is 35.4 Å². The molecule has 12 heteroatoms. The molecule has 1 aromatic rings. The van der Waals surface area contributed by atoms with E-state index in [0.717, 1.165) is 11.0 Å². The predicted molar refractivity (Wildman–Crippen MR) is 106 cm³/mol. The van der Waals surface area contributed by atoms with Gasteiger partial charge < -0.3 is 0 Å². The second kappa shape index (κ2) is 6.98. The van der Waals surface area contributed by atoms with Gasteiger partial charge in [-0.05, 0) is 25.0 Å². The average Bonchev–Trinajstić information content (AvgIpc) is 2.78. The summed E-state index contributed by atoms with van der Waals surface area (Å²) in [5.41, 5.74) is -3.48. The van der Waals surface area contributed by atoms with Crippen LogP contribution in [0.3, 0.4) is 0 Å². The van der Waals surface area contributed by atoms with E-state index in [0.29, 0.717) is 18.9 Å². The van der Waals surface area contributed by atoms with E-state index in [9.17, 15) is 30.9 Å². The highest BCUT2D eigenvalue weighted by Crippen LogP contribution is 2.47. The molecule has 1 N–H and O–H groups in total. The Bertz CT molecular complexity index is 1080. The van der Waals surface area contributed by atoms with Crippen LogP contribution in [0.5, 0.6) is 0 Å². The largest absolute Gasteiger partial charge is 0.407 e. The average molecular weight is 462 g/mol. The third-order valence-corrected chi connectivity index (χ3v) is 7.76. The van der Waals surface area contributed by atoms with Crippen molar-refractivity contribution in [1.29, 1.82) is 0 Å². The number of rotatable bonds is 2. The SMILES string of the molecule is [C-]#[N+]c1ccc(N2C(=O)C(C)(C)[N+]3(CCCCC3S(=O)(=O)O)C2=S)cc1C(F)(F)F. The Morgan fingerprint density at radius 2 is 1.97 bits per heavy atom. The van der Waals surface area contributed by atoms with Crippen LogP contribution in [0.15, 0.2) is 18.2 Å². The molecule has 30 heavy (non-hydrogen) atoms. The molecular weight excluding hydrogens is 443 g/mol. The minimum absolute atomic E-state index is 0.0635. The van der Waals surface area contributed by atoms with E-state index in [1.165, 1.54) is 19.9 Å². The zero-order valence-electron chi connectivity index (χ0n) is 16.1. The maximum atomic E-state index is 13.4. The Labute approximate surface area is 177 Å². The molecule has 2 unspecified atom stereocenters. The van der Waals surface area contributed by atoms with Crippen LogP contribution < -0.4 is 4.90 Å². The standard InChI is InChI=1S/C18H18F3N3O4S2/c1-17(2)15(25)23(11-7-8-13(22-3)12(10-11)18(19,20)21)16(29)24(17)9-5-4-6-14(24)30(26,27)28/h7-8,10,14H,4-6,9H2,1-2H3/p+1. The number of hydrogen-bond acceptors (Lipinski definition) is 4. The molecule has 0 aliphatic carbocycles. The first-order valence-corrected chi connectivity index (χ1v) is 10.9. The Kier molecular flexibility index (Phi) is 5.26. The predicted octanol–water partition coefficient (Wildman–Crippen LogP) is 3.88.